The van der Waals surface area contributed by atoms with Crippen molar-refractivity contribution in [2.24, 2.45) is 11.8 Å². The second-order valence-electron chi connectivity index (χ2n) is 8.35. The van der Waals surface area contributed by atoms with Crippen molar-refractivity contribution < 1.29 is 78.1 Å². The number of ether oxygens (including phenoxy) is 2. The Hall–Kier alpha value is -2.80. The summed E-state index contributed by atoms with van der Waals surface area (Å²) in [7, 11) is -17.5. The van der Waals surface area contributed by atoms with Crippen LogP contribution >= 0.6 is 0 Å². The van der Waals surface area contributed by atoms with E-state index in [-0.39, 0.29) is 24.3 Å². The molecule has 0 aliphatic carbocycles. The highest BCUT2D eigenvalue weighted by atomic mass is 32.3. The summed E-state index contributed by atoms with van der Waals surface area (Å²) in [6.07, 6.45) is -0.336. The van der Waals surface area contributed by atoms with E-state index in [0.717, 1.165) is 26.4 Å². The van der Waals surface area contributed by atoms with Gasteiger partial charge in [-0.2, -0.15) is 33.7 Å². The fraction of sp³-hybridized carbons (Fsp3) is 0.400. The molecule has 0 fully saturated rings. The summed E-state index contributed by atoms with van der Waals surface area (Å²) in [5.74, 6) is -3.23. The van der Waals surface area contributed by atoms with Crippen LogP contribution in [0.5, 0.6) is 23.0 Å². The number of benzene rings is 2. The molecule has 4 N–H and O–H groups in total. The lowest BCUT2D eigenvalue weighted by atomic mass is 9.83. The van der Waals surface area contributed by atoms with Gasteiger partial charge in [-0.15, -0.1) is 0 Å². The predicted molar refractivity (Wildman–Crippen MR) is 140 cm³/mol. The molecule has 2 rings (SSSR count). The molecule has 0 saturated carbocycles. The molecular formula is C20H26O18S4. The Kier molecular flexibility index (Phi) is 11.9. The molecule has 2 aromatic carbocycles. The van der Waals surface area contributed by atoms with Gasteiger partial charge in [0.1, 0.15) is 0 Å². The van der Waals surface area contributed by atoms with E-state index in [9.17, 15) is 33.7 Å². The molecule has 0 amide bonds. The van der Waals surface area contributed by atoms with Crippen molar-refractivity contribution in [1.29, 1.82) is 0 Å². The lowest BCUT2D eigenvalue weighted by Gasteiger charge is -2.27. The van der Waals surface area contributed by atoms with E-state index in [0.29, 0.717) is 11.1 Å². The zero-order valence-corrected chi connectivity index (χ0v) is 24.9. The van der Waals surface area contributed by atoms with Crippen molar-refractivity contribution in [1.82, 2.24) is 0 Å². The van der Waals surface area contributed by atoms with Crippen molar-refractivity contribution in [3.8, 4) is 23.0 Å². The van der Waals surface area contributed by atoms with Gasteiger partial charge in [0.05, 0.1) is 27.4 Å². The molecule has 0 aliphatic heterocycles. The van der Waals surface area contributed by atoms with E-state index in [1.54, 1.807) is 0 Å². The first-order valence-corrected chi connectivity index (χ1v) is 16.6. The van der Waals surface area contributed by atoms with Crippen LogP contribution in [0.15, 0.2) is 36.4 Å². The van der Waals surface area contributed by atoms with E-state index < -0.39 is 78.1 Å². The summed E-state index contributed by atoms with van der Waals surface area (Å²) < 4.78 is 154. The molecule has 0 unspecified atom stereocenters. The van der Waals surface area contributed by atoms with Gasteiger partial charge in [-0.3, -0.25) is 18.2 Å². The van der Waals surface area contributed by atoms with E-state index in [1.165, 1.54) is 24.3 Å². The normalized spacial score (nSPS) is 14.1. The Labute approximate surface area is 241 Å². The molecule has 0 spiro atoms. The second kappa shape index (κ2) is 14.1. The van der Waals surface area contributed by atoms with Gasteiger partial charge in [0.2, 0.25) is 0 Å². The van der Waals surface area contributed by atoms with Crippen LogP contribution in [0.1, 0.15) is 11.1 Å². The van der Waals surface area contributed by atoms with Gasteiger partial charge in [0, 0.05) is 0 Å². The van der Waals surface area contributed by atoms with E-state index >= 15 is 0 Å². The first-order chi connectivity index (χ1) is 19.2. The molecule has 2 aromatic rings. The third kappa shape index (κ3) is 13.0. The average molecular weight is 683 g/mol. The van der Waals surface area contributed by atoms with Gasteiger partial charge in [-0.25, -0.2) is 8.37 Å². The Morgan fingerprint density at radius 2 is 0.881 bits per heavy atom. The zero-order valence-electron chi connectivity index (χ0n) is 21.6. The van der Waals surface area contributed by atoms with E-state index in [4.69, 9.17) is 27.7 Å². The van der Waals surface area contributed by atoms with Gasteiger partial charge < -0.3 is 17.8 Å². The maximum Gasteiger partial charge on any atom is 0.446 e. The molecule has 0 aliphatic rings. The smallest absolute Gasteiger partial charge is 0.446 e. The van der Waals surface area contributed by atoms with Gasteiger partial charge in [-0.1, -0.05) is 12.1 Å². The highest BCUT2D eigenvalue weighted by Gasteiger charge is 2.28. The minimum Gasteiger partial charge on any atom is -0.493 e. The molecule has 42 heavy (non-hydrogen) atoms. The van der Waals surface area contributed by atoms with Gasteiger partial charge in [0.15, 0.2) is 23.0 Å². The zero-order chi connectivity index (χ0) is 31.9. The summed E-state index contributed by atoms with van der Waals surface area (Å²) in [6.45, 7) is -1.52. The van der Waals surface area contributed by atoms with Gasteiger partial charge >= 0.3 is 41.6 Å². The Bertz CT molecular complexity index is 1540. The molecular weight excluding hydrogens is 656 g/mol. The summed E-state index contributed by atoms with van der Waals surface area (Å²) in [5, 5.41) is 0. The fourth-order valence-electron chi connectivity index (χ4n) is 3.72. The summed E-state index contributed by atoms with van der Waals surface area (Å²) in [6, 6.07) is 7.32. The van der Waals surface area contributed by atoms with Crippen LogP contribution in [0.4, 0.5) is 0 Å². The number of rotatable bonds is 17. The lowest BCUT2D eigenvalue weighted by Crippen LogP contribution is -2.30. The molecule has 0 saturated heterocycles. The molecule has 0 heterocycles. The lowest BCUT2D eigenvalue weighted by molar-refractivity contribution is 0.130. The Morgan fingerprint density at radius 3 is 1.14 bits per heavy atom. The molecule has 0 aromatic heterocycles. The molecule has 0 bridgehead atoms. The quantitative estimate of drug-likeness (QED) is 0.167. The molecule has 18 nitrogen and oxygen atoms in total. The Morgan fingerprint density at radius 1 is 0.548 bits per heavy atom. The summed E-state index contributed by atoms with van der Waals surface area (Å²) in [5.41, 5.74) is 0.620. The van der Waals surface area contributed by atoms with Crippen molar-refractivity contribution >= 4 is 41.6 Å². The molecule has 0 radical (unpaired) electrons. The predicted octanol–water partition coefficient (Wildman–Crippen LogP) is 0.723. The van der Waals surface area contributed by atoms with Crippen molar-refractivity contribution in [2.45, 2.75) is 12.8 Å². The standard InChI is InChI=1S/C20H26O18S4/c1-33-19-9-13(3-5-17(19)37-41(27,28)29)7-15(11-35-39(21,22)23)16(12-36-40(24,25)26)8-14-4-6-18(20(10-14)34-2)38-42(30,31)32/h3-6,9-10,15-16H,7-8,11-12H2,1-2H3,(H,21,22,23)(H,24,25,26)(H,27,28,29)(H,30,31,32)/t15-,16-/m0/s1. The van der Waals surface area contributed by atoms with Crippen LogP contribution < -0.4 is 17.8 Å². The molecule has 2 atom stereocenters. The highest BCUT2D eigenvalue weighted by Crippen LogP contribution is 2.34. The van der Waals surface area contributed by atoms with Crippen LogP contribution in [0.3, 0.4) is 0 Å². The monoisotopic (exact) mass is 682 g/mol. The minimum atomic E-state index is -5.00. The summed E-state index contributed by atoms with van der Waals surface area (Å²) >= 11 is 0. The maximum atomic E-state index is 11.3. The Balaban J connectivity index is 2.52. The van der Waals surface area contributed by atoms with Crippen molar-refractivity contribution in [3.63, 3.8) is 0 Å². The van der Waals surface area contributed by atoms with E-state index in [2.05, 4.69) is 16.7 Å². The number of methoxy groups -OCH3 is 2. The van der Waals surface area contributed by atoms with Crippen molar-refractivity contribution in [3.05, 3.63) is 47.5 Å². The largest absolute Gasteiger partial charge is 0.493 e. The van der Waals surface area contributed by atoms with Crippen LogP contribution in [0.25, 0.3) is 0 Å². The number of hydrogen-bond donors (Lipinski definition) is 4. The van der Waals surface area contributed by atoms with Crippen LogP contribution in [0, 0.1) is 11.8 Å². The first kappa shape index (κ1) is 35.4. The van der Waals surface area contributed by atoms with Crippen molar-refractivity contribution in [2.75, 3.05) is 27.4 Å². The maximum absolute atomic E-state index is 11.3. The topological polar surface area (TPSA) is 273 Å². The van der Waals surface area contributed by atoms with Gasteiger partial charge in [0.25, 0.3) is 0 Å². The van der Waals surface area contributed by atoms with Crippen LogP contribution in [-0.2, 0) is 62.8 Å². The molecule has 22 heteroatoms. The third-order valence-corrected chi connectivity index (χ3v) is 7.02. The summed E-state index contributed by atoms with van der Waals surface area (Å²) in [4.78, 5) is 0. The van der Waals surface area contributed by atoms with Crippen LogP contribution in [0.2, 0.25) is 0 Å². The molecule has 238 valence electrons. The minimum absolute atomic E-state index is 0.168. The highest BCUT2D eigenvalue weighted by molar-refractivity contribution is 7.81. The van der Waals surface area contributed by atoms with Gasteiger partial charge in [-0.05, 0) is 60.1 Å². The van der Waals surface area contributed by atoms with Crippen LogP contribution in [-0.4, -0.2) is 79.3 Å². The average Bonchev–Trinajstić information content (AvgIpc) is 2.83. The van der Waals surface area contributed by atoms with E-state index in [1.807, 2.05) is 0 Å². The third-order valence-electron chi connectivity index (χ3n) is 5.37. The number of hydrogen-bond acceptors (Lipinski definition) is 14. The second-order valence-corrected chi connectivity index (χ2v) is 12.6. The first-order valence-electron chi connectivity index (χ1n) is 11.1. The SMILES string of the molecule is COc1cc(C[C@@H](COS(=O)(=O)O)[C@H](COS(=O)(=O)O)Cc2ccc(OS(=O)(=O)O)c(OC)c2)ccc1OS(=O)(=O)O. The fourth-order valence-corrected chi connectivity index (χ4v) is 5.14.